The molecule has 0 aliphatic carbocycles. The summed E-state index contributed by atoms with van der Waals surface area (Å²) in [5.74, 6) is -0.781. The Morgan fingerprint density at radius 3 is 2.55 bits per heavy atom. The molecular formula is C21H29N5O3. The van der Waals surface area contributed by atoms with E-state index in [1.165, 1.54) is 6.33 Å². The highest BCUT2D eigenvalue weighted by Gasteiger charge is 2.25. The summed E-state index contributed by atoms with van der Waals surface area (Å²) in [7, 11) is 0. The predicted molar refractivity (Wildman–Crippen MR) is 110 cm³/mol. The van der Waals surface area contributed by atoms with E-state index in [1.807, 2.05) is 37.3 Å². The lowest BCUT2D eigenvalue weighted by atomic mass is 10.0. The van der Waals surface area contributed by atoms with Gasteiger partial charge in [-0.2, -0.15) is 0 Å². The summed E-state index contributed by atoms with van der Waals surface area (Å²) in [5, 5.41) is 5.45. The van der Waals surface area contributed by atoms with Crippen molar-refractivity contribution in [1.82, 2.24) is 20.6 Å². The first-order chi connectivity index (χ1) is 14.0. The van der Waals surface area contributed by atoms with Crippen molar-refractivity contribution >= 4 is 18.1 Å². The van der Waals surface area contributed by atoms with Gasteiger partial charge in [-0.05, 0) is 18.4 Å². The van der Waals surface area contributed by atoms with Gasteiger partial charge in [-0.1, -0.05) is 50.1 Å². The van der Waals surface area contributed by atoms with Crippen LogP contribution in [0.3, 0.4) is 0 Å². The van der Waals surface area contributed by atoms with Crippen LogP contribution in [0.5, 0.6) is 0 Å². The topological polar surface area (TPSA) is 130 Å². The van der Waals surface area contributed by atoms with E-state index in [0.29, 0.717) is 25.5 Å². The van der Waals surface area contributed by atoms with Crippen molar-refractivity contribution in [3.8, 4) is 0 Å². The number of aldehydes is 1. The van der Waals surface area contributed by atoms with E-state index >= 15 is 0 Å². The lowest BCUT2D eigenvalue weighted by Crippen LogP contribution is -2.54. The van der Waals surface area contributed by atoms with Gasteiger partial charge >= 0.3 is 0 Å². The Bertz CT molecular complexity index is 764. The number of imidazole rings is 1. The zero-order chi connectivity index (χ0) is 21.1. The zero-order valence-electron chi connectivity index (χ0n) is 16.6. The van der Waals surface area contributed by atoms with Crippen molar-refractivity contribution in [1.29, 1.82) is 0 Å². The highest BCUT2D eigenvalue weighted by molar-refractivity contribution is 5.90. The molecule has 1 heterocycles. The number of H-pyrrole nitrogens is 1. The van der Waals surface area contributed by atoms with Crippen molar-refractivity contribution in [2.45, 2.75) is 57.2 Å². The predicted octanol–water partition coefficient (Wildman–Crippen LogP) is 0.881. The molecule has 0 spiro atoms. The van der Waals surface area contributed by atoms with Gasteiger partial charge in [0.05, 0.1) is 18.4 Å². The SMILES string of the molecule is CCCC[C@H](NC(=O)[C@@H](N)Cc1ccccc1)C(=O)N[C@H](C=O)Cc1cnc[nH]1. The number of hydrogen-bond acceptors (Lipinski definition) is 5. The minimum Gasteiger partial charge on any atom is -0.348 e. The van der Waals surface area contributed by atoms with Gasteiger partial charge in [0, 0.05) is 18.3 Å². The minimum absolute atomic E-state index is 0.303. The van der Waals surface area contributed by atoms with Crippen molar-refractivity contribution < 1.29 is 14.4 Å². The minimum atomic E-state index is -0.763. The van der Waals surface area contributed by atoms with Gasteiger partial charge in [0.15, 0.2) is 0 Å². The molecule has 2 rings (SSSR count). The molecule has 0 saturated heterocycles. The largest absolute Gasteiger partial charge is 0.348 e. The molecule has 3 atom stereocenters. The van der Waals surface area contributed by atoms with E-state index in [2.05, 4.69) is 20.6 Å². The number of unbranched alkanes of at least 4 members (excludes halogenated alkanes) is 1. The van der Waals surface area contributed by atoms with Crippen LogP contribution in [0.4, 0.5) is 0 Å². The molecule has 8 nitrogen and oxygen atoms in total. The third-order valence-corrected chi connectivity index (χ3v) is 4.60. The molecule has 0 aliphatic rings. The second kappa shape index (κ2) is 11.8. The van der Waals surface area contributed by atoms with Crippen LogP contribution < -0.4 is 16.4 Å². The van der Waals surface area contributed by atoms with Crippen molar-refractivity contribution in [2.24, 2.45) is 5.73 Å². The molecule has 2 amide bonds. The first-order valence-corrected chi connectivity index (χ1v) is 9.86. The van der Waals surface area contributed by atoms with Gasteiger partial charge in [-0.3, -0.25) is 9.59 Å². The second-order valence-electron chi connectivity index (χ2n) is 7.03. The van der Waals surface area contributed by atoms with Crippen LogP contribution in [-0.4, -0.2) is 46.2 Å². The molecule has 0 unspecified atom stereocenters. The summed E-state index contributed by atoms with van der Waals surface area (Å²) >= 11 is 0. The smallest absolute Gasteiger partial charge is 0.243 e. The maximum atomic E-state index is 12.7. The number of amides is 2. The van der Waals surface area contributed by atoms with E-state index in [4.69, 9.17) is 5.73 Å². The Morgan fingerprint density at radius 2 is 1.93 bits per heavy atom. The molecule has 1 aromatic heterocycles. The number of carbonyl (C=O) groups is 3. The third kappa shape index (κ3) is 7.50. The highest BCUT2D eigenvalue weighted by atomic mass is 16.2. The first kappa shape index (κ1) is 22.3. The van der Waals surface area contributed by atoms with Crippen molar-refractivity contribution in [3.05, 3.63) is 54.1 Å². The number of benzene rings is 1. The van der Waals surface area contributed by atoms with Crippen LogP contribution in [0.2, 0.25) is 0 Å². The standard InChI is InChI=1S/C21H29N5O3/c1-2-3-9-19(21(29)25-17(13-27)11-16-12-23-14-24-16)26-20(28)18(22)10-15-7-5-4-6-8-15/h4-8,12-14,17-19H,2-3,9-11,22H2,1H3,(H,23,24)(H,25,29)(H,26,28)/t17-,18-,19-/m0/s1. The van der Waals surface area contributed by atoms with Gasteiger partial charge in [0.1, 0.15) is 12.3 Å². The van der Waals surface area contributed by atoms with Gasteiger partial charge in [-0.25, -0.2) is 4.98 Å². The lowest BCUT2D eigenvalue weighted by molar-refractivity contribution is -0.130. The van der Waals surface area contributed by atoms with E-state index in [9.17, 15) is 14.4 Å². The van der Waals surface area contributed by atoms with Gasteiger partial charge in [0.2, 0.25) is 11.8 Å². The molecule has 5 N–H and O–H groups in total. The second-order valence-corrected chi connectivity index (χ2v) is 7.03. The number of carbonyl (C=O) groups excluding carboxylic acids is 3. The summed E-state index contributed by atoms with van der Waals surface area (Å²) in [6.45, 7) is 2.00. The normalized spacial score (nSPS) is 13.9. The van der Waals surface area contributed by atoms with E-state index in [0.717, 1.165) is 24.1 Å². The van der Waals surface area contributed by atoms with Gasteiger partial charge < -0.3 is 26.1 Å². The first-order valence-electron chi connectivity index (χ1n) is 9.86. The molecule has 156 valence electrons. The average Bonchev–Trinajstić information content (AvgIpc) is 3.24. The number of nitrogens with two attached hydrogens (primary N) is 1. The fourth-order valence-electron chi connectivity index (χ4n) is 2.97. The molecule has 8 heteroatoms. The Labute approximate surface area is 170 Å². The average molecular weight is 399 g/mol. The number of nitrogens with zero attached hydrogens (tertiary/aromatic N) is 1. The van der Waals surface area contributed by atoms with E-state index in [-0.39, 0.29) is 5.91 Å². The lowest BCUT2D eigenvalue weighted by Gasteiger charge is -2.22. The quantitative estimate of drug-likeness (QED) is 0.394. The van der Waals surface area contributed by atoms with Crippen LogP contribution in [0.1, 0.15) is 37.4 Å². The third-order valence-electron chi connectivity index (χ3n) is 4.60. The zero-order valence-corrected chi connectivity index (χ0v) is 16.6. The summed E-state index contributed by atoms with van der Waals surface area (Å²) in [4.78, 5) is 43.4. The summed E-state index contributed by atoms with van der Waals surface area (Å²) < 4.78 is 0. The van der Waals surface area contributed by atoms with E-state index in [1.54, 1.807) is 6.20 Å². The number of rotatable bonds is 12. The fourth-order valence-corrected chi connectivity index (χ4v) is 2.97. The molecule has 0 bridgehead atoms. The highest BCUT2D eigenvalue weighted by Crippen LogP contribution is 2.06. The van der Waals surface area contributed by atoms with Crippen molar-refractivity contribution in [2.75, 3.05) is 0 Å². The van der Waals surface area contributed by atoms with Crippen LogP contribution in [0, 0.1) is 0 Å². The maximum absolute atomic E-state index is 12.7. The molecule has 0 saturated carbocycles. The monoisotopic (exact) mass is 399 g/mol. The molecule has 29 heavy (non-hydrogen) atoms. The molecule has 0 radical (unpaired) electrons. The van der Waals surface area contributed by atoms with E-state index < -0.39 is 24.0 Å². The number of hydrogen-bond donors (Lipinski definition) is 4. The molecular weight excluding hydrogens is 370 g/mol. The van der Waals surface area contributed by atoms with Crippen molar-refractivity contribution in [3.63, 3.8) is 0 Å². The molecule has 2 aromatic rings. The molecule has 0 fully saturated rings. The molecule has 1 aromatic carbocycles. The number of aromatic amines is 1. The van der Waals surface area contributed by atoms with Crippen LogP contribution in [0.25, 0.3) is 0 Å². The fraction of sp³-hybridized carbons (Fsp3) is 0.429. The Hall–Kier alpha value is -3.00. The Morgan fingerprint density at radius 1 is 1.17 bits per heavy atom. The Balaban J connectivity index is 1.96. The van der Waals surface area contributed by atoms with Crippen LogP contribution in [-0.2, 0) is 27.2 Å². The maximum Gasteiger partial charge on any atom is 0.243 e. The number of aromatic nitrogens is 2. The summed E-state index contributed by atoms with van der Waals surface area (Å²) in [5.41, 5.74) is 7.72. The Kier molecular flexibility index (Phi) is 9.04. The van der Waals surface area contributed by atoms with Crippen LogP contribution >= 0.6 is 0 Å². The van der Waals surface area contributed by atoms with Gasteiger partial charge in [-0.15, -0.1) is 0 Å². The summed E-state index contributed by atoms with van der Waals surface area (Å²) in [6, 6.07) is 7.26. The molecule has 0 aliphatic heterocycles. The number of nitrogens with one attached hydrogen (secondary N) is 3. The summed E-state index contributed by atoms with van der Waals surface area (Å²) in [6.07, 6.45) is 6.59. The van der Waals surface area contributed by atoms with Gasteiger partial charge in [0.25, 0.3) is 0 Å². The van der Waals surface area contributed by atoms with Crippen LogP contribution in [0.15, 0.2) is 42.9 Å².